The van der Waals surface area contributed by atoms with Gasteiger partial charge in [0.2, 0.25) is 0 Å². The summed E-state index contributed by atoms with van der Waals surface area (Å²) in [4.78, 5) is 18.3. The number of ether oxygens (including phenoxy) is 1. The number of hydrogen-bond acceptors (Lipinski definition) is 6. The molecule has 1 fully saturated rings. The molecule has 6 nitrogen and oxygen atoms in total. The monoisotopic (exact) mass is 455 g/mol. The van der Waals surface area contributed by atoms with Gasteiger partial charge in [0, 0.05) is 36.5 Å². The van der Waals surface area contributed by atoms with Crippen molar-refractivity contribution >= 4 is 22.8 Å². The van der Waals surface area contributed by atoms with Crippen LogP contribution in [0.3, 0.4) is 0 Å². The molecule has 34 heavy (non-hydrogen) atoms. The van der Waals surface area contributed by atoms with Gasteiger partial charge in [0.25, 0.3) is 0 Å². The third-order valence-electron chi connectivity index (χ3n) is 5.99. The van der Waals surface area contributed by atoms with E-state index >= 15 is 0 Å². The molecule has 0 aliphatic carbocycles. The minimum absolute atomic E-state index is 0.310. The molecule has 3 heterocycles. The van der Waals surface area contributed by atoms with Crippen molar-refractivity contribution < 1.29 is 18.3 Å². The van der Waals surface area contributed by atoms with Crippen LogP contribution in [-0.4, -0.2) is 36.8 Å². The highest BCUT2D eigenvalue weighted by Gasteiger charge is 2.24. The standard InChI is InChI=1S/C27H22FN3O3/c1-2-33-27(32)18-5-3-17(4-6-18)25-14-23-26(34-25)22(9-11-30-23)19-7-8-24(20(13-19)15-29)31-12-10-21(28)16-31/h3-9,11,13-14,21H,2,10,12,16H2,1H3. The van der Waals surface area contributed by atoms with E-state index in [4.69, 9.17) is 9.15 Å². The Morgan fingerprint density at radius 3 is 2.71 bits per heavy atom. The van der Waals surface area contributed by atoms with Crippen LogP contribution in [0.4, 0.5) is 10.1 Å². The van der Waals surface area contributed by atoms with Crippen molar-refractivity contribution in [2.24, 2.45) is 0 Å². The van der Waals surface area contributed by atoms with Crippen molar-refractivity contribution in [3.05, 3.63) is 71.9 Å². The minimum Gasteiger partial charge on any atom is -0.462 e. The third-order valence-corrected chi connectivity index (χ3v) is 5.99. The molecular formula is C27H22FN3O3. The number of pyridine rings is 1. The highest BCUT2D eigenvalue weighted by molar-refractivity contribution is 5.94. The molecular weight excluding hydrogens is 433 g/mol. The number of anilines is 1. The summed E-state index contributed by atoms with van der Waals surface area (Å²) in [5.41, 5.74) is 5.45. The summed E-state index contributed by atoms with van der Waals surface area (Å²) in [6.07, 6.45) is 1.32. The molecule has 0 N–H and O–H groups in total. The smallest absolute Gasteiger partial charge is 0.338 e. The first-order chi connectivity index (χ1) is 16.6. The van der Waals surface area contributed by atoms with Crippen LogP contribution in [0.25, 0.3) is 33.6 Å². The van der Waals surface area contributed by atoms with Crippen LogP contribution in [0, 0.1) is 11.3 Å². The Hall–Kier alpha value is -4.18. The maximum absolute atomic E-state index is 13.7. The lowest BCUT2D eigenvalue weighted by Crippen LogP contribution is -2.20. The fourth-order valence-corrected chi connectivity index (χ4v) is 4.30. The summed E-state index contributed by atoms with van der Waals surface area (Å²) in [6.45, 7) is 3.00. The van der Waals surface area contributed by atoms with Crippen molar-refractivity contribution in [1.29, 1.82) is 5.26 Å². The quantitative estimate of drug-likeness (QED) is 0.356. The SMILES string of the molecule is CCOC(=O)c1ccc(-c2cc3nccc(-c4ccc(N5CCC(F)C5)c(C#N)c4)c3o2)cc1. The van der Waals surface area contributed by atoms with Crippen LogP contribution >= 0.6 is 0 Å². The third kappa shape index (κ3) is 3.99. The number of esters is 1. The predicted molar refractivity (Wildman–Crippen MR) is 127 cm³/mol. The lowest BCUT2D eigenvalue weighted by molar-refractivity contribution is 0.0526. The van der Waals surface area contributed by atoms with E-state index in [1.165, 1.54) is 0 Å². The van der Waals surface area contributed by atoms with Gasteiger partial charge < -0.3 is 14.1 Å². The molecule has 4 aromatic rings. The summed E-state index contributed by atoms with van der Waals surface area (Å²) < 4.78 is 24.9. The molecule has 0 spiro atoms. The Balaban J connectivity index is 1.50. The second-order valence-electron chi connectivity index (χ2n) is 8.16. The van der Waals surface area contributed by atoms with Crippen LogP contribution in [0.2, 0.25) is 0 Å². The first-order valence-electron chi connectivity index (χ1n) is 11.2. The van der Waals surface area contributed by atoms with Gasteiger partial charge in [0.05, 0.1) is 23.4 Å². The van der Waals surface area contributed by atoms with Crippen LogP contribution in [-0.2, 0) is 4.74 Å². The molecule has 1 atom stereocenters. The zero-order valence-corrected chi connectivity index (χ0v) is 18.6. The zero-order chi connectivity index (χ0) is 23.7. The zero-order valence-electron chi connectivity index (χ0n) is 18.6. The second kappa shape index (κ2) is 8.99. The average Bonchev–Trinajstić information content (AvgIpc) is 3.50. The summed E-state index contributed by atoms with van der Waals surface area (Å²) in [5, 5.41) is 9.74. The molecule has 1 aliphatic rings. The Morgan fingerprint density at radius 1 is 1.21 bits per heavy atom. The normalized spacial score (nSPS) is 15.4. The van der Waals surface area contributed by atoms with E-state index < -0.39 is 6.17 Å². The van der Waals surface area contributed by atoms with E-state index in [2.05, 4.69) is 11.1 Å². The van der Waals surface area contributed by atoms with Crippen molar-refractivity contribution in [3.63, 3.8) is 0 Å². The van der Waals surface area contributed by atoms with E-state index in [0.29, 0.717) is 54.1 Å². The number of benzene rings is 2. The molecule has 0 saturated carbocycles. The maximum atomic E-state index is 13.7. The molecule has 5 rings (SSSR count). The van der Waals surface area contributed by atoms with Gasteiger partial charge in [-0.3, -0.25) is 4.98 Å². The number of nitriles is 1. The molecule has 1 saturated heterocycles. The number of carbonyl (C=O) groups is 1. The van der Waals surface area contributed by atoms with Crippen LogP contribution in [0.5, 0.6) is 0 Å². The molecule has 0 radical (unpaired) electrons. The summed E-state index contributed by atoms with van der Waals surface area (Å²) in [5.74, 6) is 0.254. The van der Waals surface area contributed by atoms with E-state index in [1.807, 2.05) is 35.2 Å². The van der Waals surface area contributed by atoms with Crippen molar-refractivity contribution in [2.75, 3.05) is 24.6 Å². The summed E-state index contributed by atoms with van der Waals surface area (Å²) >= 11 is 0. The van der Waals surface area contributed by atoms with Gasteiger partial charge in [-0.2, -0.15) is 5.26 Å². The highest BCUT2D eigenvalue weighted by atomic mass is 19.1. The number of furan rings is 1. The number of aromatic nitrogens is 1. The van der Waals surface area contributed by atoms with Crippen molar-refractivity contribution in [3.8, 4) is 28.5 Å². The molecule has 170 valence electrons. The fraction of sp³-hybridized carbons (Fsp3) is 0.222. The van der Waals surface area contributed by atoms with Gasteiger partial charge >= 0.3 is 5.97 Å². The summed E-state index contributed by atoms with van der Waals surface area (Å²) in [7, 11) is 0. The topological polar surface area (TPSA) is 79.4 Å². The molecule has 2 aromatic carbocycles. The van der Waals surface area contributed by atoms with Crippen molar-refractivity contribution in [1.82, 2.24) is 4.98 Å². The van der Waals surface area contributed by atoms with Gasteiger partial charge in [-0.15, -0.1) is 0 Å². The van der Waals surface area contributed by atoms with E-state index in [9.17, 15) is 14.4 Å². The number of rotatable bonds is 5. The van der Waals surface area contributed by atoms with E-state index in [1.54, 1.807) is 37.4 Å². The Labute approximate surface area is 196 Å². The fourth-order valence-electron chi connectivity index (χ4n) is 4.30. The van der Waals surface area contributed by atoms with Gasteiger partial charge in [0.15, 0.2) is 5.58 Å². The molecule has 2 aromatic heterocycles. The summed E-state index contributed by atoms with van der Waals surface area (Å²) in [6, 6.07) is 18.6. The molecule has 0 amide bonds. The maximum Gasteiger partial charge on any atom is 0.338 e. The van der Waals surface area contributed by atoms with Gasteiger partial charge in [-0.25, -0.2) is 9.18 Å². The Kier molecular flexibility index (Phi) is 5.72. The Morgan fingerprint density at radius 2 is 2.00 bits per heavy atom. The lowest BCUT2D eigenvalue weighted by Gasteiger charge is -2.19. The number of hydrogen-bond donors (Lipinski definition) is 0. The first kappa shape index (κ1) is 21.7. The number of alkyl halides is 1. The van der Waals surface area contributed by atoms with Crippen LogP contribution in [0.1, 0.15) is 29.3 Å². The first-order valence-corrected chi connectivity index (χ1v) is 11.2. The average molecular weight is 455 g/mol. The predicted octanol–water partition coefficient (Wildman–Crippen LogP) is 5.76. The molecule has 0 bridgehead atoms. The van der Waals surface area contributed by atoms with Gasteiger partial charge in [0.1, 0.15) is 23.5 Å². The van der Waals surface area contributed by atoms with E-state index in [-0.39, 0.29) is 5.97 Å². The highest BCUT2D eigenvalue weighted by Crippen LogP contribution is 2.36. The number of carbonyl (C=O) groups excluding carboxylic acids is 1. The number of halogens is 1. The van der Waals surface area contributed by atoms with E-state index in [0.717, 1.165) is 22.4 Å². The largest absolute Gasteiger partial charge is 0.462 e. The second-order valence-corrected chi connectivity index (χ2v) is 8.16. The number of fused-ring (bicyclic) bond motifs is 1. The molecule has 1 aliphatic heterocycles. The Bertz CT molecular complexity index is 1410. The minimum atomic E-state index is -0.862. The molecule has 1 unspecified atom stereocenters. The lowest BCUT2D eigenvalue weighted by atomic mass is 10.0. The van der Waals surface area contributed by atoms with Crippen LogP contribution < -0.4 is 4.90 Å². The van der Waals surface area contributed by atoms with Gasteiger partial charge in [-0.05, 0) is 49.2 Å². The van der Waals surface area contributed by atoms with Gasteiger partial charge in [-0.1, -0.05) is 18.2 Å². The van der Waals surface area contributed by atoms with Crippen LogP contribution in [0.15, 0.2) is 65.2 Å². The molecule has 7 heteroatoms. The van der Waals surface area contributed by atoms with Crippen molar-refractivity contribution in [2.45, 2.75) is 19.5 Å². The number of nitrogens with zero attached hydrogens (tertiary/aromatic N) is 3.